The van der Waals surface area contributed by atoms with E-state index in [9.17, 15) is 8.42 Å². The molecule has 1 aromatic heterocycles. The molecule has 120 valence electrons. The molecule has 0 amide bonds. The van der Waals surface area contributed by atoms with Crippen LogP contribution in [0.3, 0.4) is 0 Å². The average molecular weight is 315 g/mol. The molecule has 2 heterocycles. The highest BCUT2D eigenvalue weighted by Crippen LogP contribution is 2.26. The molecule has 0 bridgehead atoms. The molecule has 21 heavy (non-hydrogen) atoms. The molecule has 1 aliphatic rings. The van der Waals surface area contributed by atoms with Gasteiger partial charge in [0.05, 0.1) is 0 Å². The van der Waals surface area contributed by atoms with Crippen molar-refractivity contribution in [1.82, 2.24) is 24.7 Å². The van der Waals surface area contributed by atoms with Gasteiger partial charge in [-0.3, -0.25) is 10.00 Å². The monoisotopic (exact) mass is 315 g/mol. The Morgan fingerprint density at radius 2 is 2.05 bits per heavy atom. The van der Waals surface area contributed by atoms with Gasteiger partial charge in [0.2, 0.25) is 0 Å². The van der Waals surface area contributed by atoms with Gasteiger partial charge in [-0.15, -0.1) is 0 Å². The van der Waals surface area contributed by atoms with Crippen molar-refractivity contribution in [2.45, 2.75) is 37.9 Å². The van der Waals surface area contributed by atoms with Crippen molar-refractivity contribution in [3.8, 4) is 0 Å². The van der Waals surface area contributed by atoms with Crippen LogP contribution in [0.15, 0.2) is 5.03 Å². The third-order valence-corrected chi connectivity index (χ3v) is 6.07. The molecule has 2 rings (SSSR count). The minimum atomic E-state index is -3.56. The third-order valence-electron chi connectivity index (χ3n) is 4.26. The van der Waals surface area contributed by atoms with Gasteiger partial charge >= 0.3 is 0 Å². The summed E-state index contributed by atoms with van der Waals surface area (Å²) >= 11 is 0. The second-order valence-electron chi connectivity index (χ2n) is 6.24. The fourth-order valence-electron chi connectivity index (χ4n) is 2.55. The molecule has 0 saturated carbocycles. The van der Waals surface area contributed by atoms with Crippen LogP contribution in [-0.2, 0) is 16.6 Å². The summed E-state index contributed by atoms with van der Waals surface area (Å²) in [7, 11) is 0.252. The number of aryl methyl sites for hydroxylation is 1. The van der Waals surface area contributed by atoms with Crippen molar-refractivity contribution < 1.29 is 8.42 Å². The fourth-order valence-corrected chi connectivity index (χ4v) is 4.30. The van der Waals surface area contributed by atoms with E-state index >= 15 is 0 Å². The number of nitrogens with one attached hydrogen (secondary N) is 2. The Balaban J connectivity index is 2.35. The number of H-pyrrole nitrogens is 1. The number of hydrogen-bond donors (Lipinski definition) is 2. The van der Waals surface area contributed by atoms with Gasteiger partial charge in [-0.2, -0.15) is 9.40 Å². The lowest BCUT2D eigenvalue weighted by Gasteiger charge is -2.44. The minimum Gasteiger partial charge on any atom is -0.316 e. The van der Waals surface area contributed by atoms with Crippen LogP contribution >= 0.6 is 0 Å². The van der Waals surface area contributed by atoms with Crippen LogP contribution in [0.2, 0.25) is 0 Å². The number of likely N-dealkylation sites (N-methyl/N-ethyl adjacent to an activating group) is 1. The summed E-state index contributed by atoms with van der Waals surface area (Å²) in [5.41, 5.74) is 1.32. The lowest BCUT2D eigenvalue weighted by atomic mass is 10.0. The summed E-state index contributed by atoms with van der Waals surface area (Å²) in [5.74, 6) is 0. The van der Waals surface area contributed by atoms with Crippen LogP contribution in [0.1, 0.15) is 25.1 Å². The maximum absolute atomic E-state index is 12.9. The molecule has 7 nitrogen and oxygen atoms in total. The lowest BCUT2D eigenvalue weighted by molar-refractivity contribution is 0.0800. The molecular weight excluding hydrogens is 290 g/mol. The topological polar surface area (TPSA) is 81.3 Å². The number of piperazine rings is 1. The number of aromatic nitrogens is 2. The van der Waals surface area contributed by atoms with Gasteiger partial charge in [0.25, 0.3) is 10.0 Å². The molecular formula is C13H25N5O2S. The number of aromatic amines is 1. The van der Waals surface area contributed by atoms with E-state index in [-0.39, 0.29) is 10.6 Å². The minimum absolute atomic E-state index is 0.148. The van der Waals surface area contributed by atoms with Gasteiger partial charge in [0.15, 0.2) is 5.03 Å². The zero-order valence-electron chi connectivity index (χ0n) is 13.4. The first kappa shape index (κ1) is 16.4. The summed E-state index contributed by atoms with van der Waals surface area (Å²) < 4.78 is 27.3. The Morgan fingerprint density at radius 3 is 2.62 bits per heavy atom. The number of hydrogen-bond acceptors (Lipinski definition) is 5. The molecule has 0 spiro atoms. The van der Waals surface area contributed by atoms with E-state index in [0.29, 0.717) is 25.2 Å². The predicted molar refractivity (Wildman–Crippen MR) is 81.6 cm³/mol. The first-order chi connectivity index (χ1) is 9.70. The fraction of sp³-hybridized carbons (Fsp3) is 0.769. The Hall–Kier alpha value is -0.960. The van der Waals surface area contributed by atoms with Gasteiger partial charge in [0.1, 0.15) is 0 Å². The normalized spacial score (nSPS) is 20.8. The van der Waals surface area contributed by atoms with E-state index in [2.05, 4.69) is 34.3 Å². The highest BCUT2D eigenvalue weighted by molar-refractivity contribution is 7.89. The summed E-state index contributed by atoms with van der Waals surface area (Å²) in [5, 5.41) is 9.98. The zero-order chi connectivity index (χ0) is 15.8. The van der Waals surface area contributed by atoms with E-state index in [1.54, 1.807) is 11.4 Å². The van der Waals surface area contributed by atoms with Crippen LogP contribution in [0, 0.1) is 6.92 Å². The SMILES string of the molecule is CNCc1c(S(=O)(=O)N2CCN(C)C(C)(C)C2)n[nH]c1C. The second kappa shape index (κ2) is 5.68. The van der Waals surface area contributed by atoms with Gasteiger partial charge in [0, 0.05) is 43.0 Å². The smallest absolute Gasteiger partial charge is 0.262 e. The molecule has 0 radical (unpaired) electrons. The van der Waals surface area contributed by atoms with Gasteiger partial charge in [-0.05, 0) is 34.9 Å². The number of nitrogens with zero attached hydrogens (tertiary/aromatic N) is 3. The highest BCUT2D eigenvalue weighted by Gasteiger charge is 2.39. The maximum Gasteiger partial charge on any atom is 0.262 e. The molecule has 1 aliphatic heterocycles. The van der Waals surface area contributed by atoms with Crippen molar-refractivity contribution in [3.63, 3.8) is 0 Å². The Morgan fingerprint density at radius 1 is 1.38 bits per heavy atom. The largest absolute Gasteiger partial charge is 0.316 e. The van der Waals surface area contributed by atoms with Crippen LogP contribution < -0.4 is 5.32 Å². The molecule has 1 saturated heterocycles. The van der Waals surface area contributed by atoms with Crippen LogP contribution in [0.4, 0.5) is 0 Å². The number of rotatable bonds is 4. The van der Waals surface area contributed by atoms with Crippen molar-refractivity contribution in [1.29, 1.82) is 0 Å². The Kier molecular flexibility index (Phi) is 4.44. The maximum atomic E-state index is 12.9. The molecule has 2 N–H and O–H groups in total. The van der Waals surface area contributed by atoms with E-state index in [4.69, 9.17) is 0 Å². The molecule has 0 aromatic carbocycles. The summed E-state index contributed by atoms with van der Waals surface area (Å²) in [6.45, 7) is 8.11. The first-order valence-electron chi connectivity index (χ1n) is 7.10. The quantitative estimate of drug-likeness (QED) is 0.827. The Labute approximate surface area is 126 Å². The van der Waals surface area contributed by atoms with Crippen molar-refractivity contribution in [2.24, 2.45) is 0 Å². The molecule has 0 aliphatic carbocycles. The van der Waals surface area contributed by atoms with Crippen molar-refractivity contribution in [3.05, 3.63) is 11.3 Å². The number of sulfonamides is 1. The van der Waals surface area contributed by atoms with Crippen LogP contribution in [0.5, 0.6) is 0 Å². The predicted octanol–water partition coefficient (Wildman–Crippen LogP) is 0.152. The highest BCUT2D eigenvalue weighted by atomic mass is 32.2. The molecule has 0 unspecified atom stereocenters. The third kappa shape index (κ3) is 2.98. The van der Waals surface area contributed by atoms with Crippen molar-refractivity contribution in [2.75, 3.05) is 33.7 Å². The van der Waals surface area contributed by atoms with Crippen molar-refractivity contribution >= 4 is 10.0 Å². The van der Waals surface area contributed by atoms with E-state index < -0.39 is 10.0 Å². The molecule has 1 fully saturated rings. The van der Waals surface area contributed by atoms with Gasteiger partial charge in [-0.25, -0.2) is 8.42 Å². The summed E-state index contributed by atoms with van der Waals surface area (Å²) in [4.78, 5) is 2.18. The van der Waals surface area contributed by atoms with E-state index in [1.165, 1.54) is 0 Å². The second-order valence-corrected chi connectivity index (χ2v) is 8.09. The summed E-state index contributed by atoms with van der Waals surface area (Å²) in [6.07, 6.45) is 0. The molecule has 0 atom stereocenters. The van der Waals surface area contributed by atoms with E-state index in [1.807, 2.05) is 14.0 Å². The average Bonchev–Trinajstić information content (AvgIpc) is 2.75. The lowest BCUT2D eigenvalue weighted by Crippen LogP contribution is -2.58. The standard InChI is InChI=1S/C13H25N5O2S/c1-10-11(8-14-4)12(16-15-10)21(19,20)18-7-6-17(5)13(2,3)9-18/h14H,6-9H2,1-5H3,(H,15,16). The summed E-state index contributed by atoms with van der Waals surface area (Å²) in [6, 6.07) is 0. The van der Waals surface area contributed by atoms with Gasteiger partial charge in [-0.1, -0.05) is 0 Å². The Bertz CT molecular complexity index is 608. The first-order valence-corrected chi connectivity index (χ1v) is 8.54. The van der Waals surface area contributed by atoms with Crippen LogP contribution in [0.25, 0.3) is 0 Å². The van der Waals surface area contributed by atoms with E-state index in [0.717, 1.165) is 12.2 Å². The molecule has 1 aromatic rings. The van der Waals surface area contributed by atoms with Crippen LogP contribution in [-0.4, -0.2) is 67.1 Å². The molecule has 8 heteroatoms. The zero-order valence-corrected chi connectivity index (χ0v) is 14.2. The van der Waals surface area contributed by atoms with Gasteiger partial charge < -0.3 is 5.32 Å².